The van der Waals surface area contributed by atoms with Gasteiger partial charge in [0.25, 0.3) is 0 Å². The summed E-state index contributed by atoms with van der Waals surface area (Å²) in [5.74, 6) is -0.0439. The van der Waals surface area contributed by atoms with E-state index in [2.05, 4.69) is 12.1 Å². The molecule has 2 heteroatoms. The first-order chi connectivity index (χ1) is 8.74. The van der Waals surface area contributed by atoms with Crippen LogP contribution in [0.1, 0.15) is 62.0 Å². The maximum absolute atomic E-state index is 11.5. The molecule has 2 aliphatic rings. The molecule has 1 N–H and O–H groups in total. The second-order valence-electron chi connectivity index (χ2n) is 5.81. The first-order valence-corrected chi connectivity index (χ1v) is 7.07. The molecule has 1 aromatic carbocycles. The predicted octanol–water partition coefficient (Wildman–Crippen LogP) is 3.85. The van der Waals surface area contributed by atoms with E-state index in [4.69, 9.17) is 0 Å². The molecule has 18 heavy (non-hydrogen) atoms. The van der Waals surface area contributed by atoms with Crippen molar-refractivity contribution in [3.8, 4) is 0 Å². The first-order valence-electron chi connectivity index (χ1n) is 7.07. The highest BCUT2D eigenvalue weighted by atomic mass is 16.4. The van der Waals surface area contributed by atoms with Crippen LogP contribution < -0.4 is 0 Å². The van der Waals surface area contributed by atoms with Crippen LogP contribution in [-0.4, -0.2) is 11.1 Å². The molecule has 0 aliphatic heterocycles. The Morgan fingerprint density at radius 3 is 2.39 bits per heavy atom. The van der Waals surface area contributed by atoms with Gasteiger partial charge in [-0.05, 0) is 42.7 Å². The maximum atomic E-state index is 11.5. The Balaban J connectivity index is 1.97. The van der Waals surface area contributed by atoms with Gasteiger partial charge in [-0.3, -0.25) is 4.79 Å². The van der Waals surface area contributed by atoms with Gasteiger partial charge in [-0.15, -0.1) is 0 Å². The SMILES string of the molecule is O=C(O)C1(c2ccccc2C2CCCCC2)CC1. The number of carbonyl (C=O) groups is 1. The number of hydrogen-bond acceptors (Lipinski definition) is 1. The van der Waals surface area contributed by atoms with Crippen molar-refractivity contribution in [2.45, 2.75) is 56.3 Å². The lowest BCUT2D eigenvalue weighted by Gasteiger charge is -2.26. The Kier molecular flexibility index (Phi) is 2.89. The molecule has 0 unspecified atom stereocenters. The lowest BCUT2D eigenvalue weighted by Crippen LogP contribution is -2.22. The number of benzene rings is 1. The molecule has 1 aromatic rings. The summed E-state index contributed by atoms with van der Waals surface area (Å²) < 4.78 is 0. The number of rotatable bonds is 3. The Labute approximate surface area is 108 Å². The molecule has 3 rings (SSSR count). The summed E-state index contributed by atoms with van der Waals surface area (Å²) in [7, 11) is 0. The monoisotopic (exact) mass is 244 g/mol. The molecule has 2 nitrogen and oxygen atoms in total. The minimum absolute atomic E-state index is 0.548. The minimum atomic E-state index is -0.634. The number of aliphatic carboxylic acids is 1. The molecule has 2 aliphatic carbocycles. The van der Waals surface area contributed by atoms with Crippen molar-refractivity contribution in [1.82, 2.24) is 0 Å². The molecule has 96 valence electrons. The van der Waals surface area contributed by atoms with E-state index in [1.165, 1.54) is 37.7 Å². The number of carboxylic acid groups (broad SMARTS) is 1. The second-order valence-corrected chi connectivity index (χ2v) is 5.81. The highest BCUT2D eigenvalue weighted by Gasteiger charge is 2.53. The topological polar surface area (TPSA) is 37.3 Å². The van der Waals surface area contributed by atoms with Crippen LogP contribution in [-0.2, 0) is 10.2 Å². The maximum Gasteiger partial charge on any atom is 0.314 e. The Hall–Kier alpha value is -1.31. The quantitative estimate of drug-likeness (QED) is 0.876. The number of carboxylic acids is 1. The Morgan fingerprint density at radius 1 is 1.11 bits per heavy atom. The van der Waals surface area contributed by atoms with Crippen molar-refractivity contribution < 1.29 is 9.90 Å². The molecule has 0 aromatic heterocycles. The van der Waals surface area contributed by atoms with Crippen LogP contribution >= 0.6 is 0 Å². The van der Waals surface area contributed by atoms with E-state index in [-0.39, 0.29) is 0 Å². The molecular formula is C16H20O2. The van der Waals surface area contributed by atoms with Crippen LogP contribution in [0.15, 0.2) is 24.3 Å². The van der Waals surface area contributed by atoms with Crippen molar-refractivity contribution in [1.29, 1.82) is 0 Å². The molecule has 0 heterocycles. The zero-order chi connectivity index (χ0) is 12.6. The lowest BCUT2D eigenvalue weighted by atomic mass is 9.78. The van der Waals surface area contributed by atoms with Crippen LogP contribution in [0.5, 0.6) is 0 Å². The molecule has 0 amide bonds. The van der Waals surface area contributed by atoms with E-state index in [9.17, 15) is 9.90 Å². The van der Waals surface area contributed by atoms with Gasteiger partial charge in [-0.2, -0.15) is 0 Å². The molecule has 0 radical (unpaired) electrons. The van der Waals surface area contributed by atoms with Crippen molar-refractivity contribution in [2.24, 2.45) is 0 Å². The molecule has 2 saturated carbocycles. The van der Waals surface area contributed by atoms with Crippen LogP contribution in [0.2, 0.25) is 0 Å². The van der Waals surface area contributed by atoms with Gasteiger partial charge in [-0.1, -0.05) is 43.5 Å². The fourth-order valence-corrected chi connectivity index (χ4v) is 3.43. The third-order valence-electron chi connectivity index (χ3n) is 4.68. The van der Waals surface area contributed by atoms with Crippen molar-refractivity contribution in [3.05, 3.63) is 35.4 Å². The summed E-state index contributed by atoms with van der Waals surface area (Å²) >= 11 is 0. The summed E-state index contributed by atoms with van der Waals surface area (Å²) in [4.78, 5) is 11.5. The van der Waals surface area contributed by atoms with Gasteiger partial charge in [0.15, 0.2) is 0 Å². The van der Waals surface area contributed by atoms with Gasteiger partial charge in [-0.25, -0.2) is 0 Å². The van der Waals surface area contributed by atoms with Gasteiger partial charge in [0.05, 0.1) is 5.41 Å². The van der Waals surface area contributed by atoms with E-state index in [0.29, 0.717) is 5.92 Å². The second kappa shape index (κ2) is 4.42. The third kappa shape index (κ3) is 1.84. The van der Waals surface area contributed by atoms with Gasteiger partial charge in [0.1, 0.15) is 0 Å². The zero-order valence-corrected chi connectivity index (χ0v) is 10.7. The van der Waals surface area contributed by atoms with Crippen molar-refractivity contribution >= 4 is 5.97 Å². The summed E-state index contributed by atoms with van der Waals surface area (Å²) in [6.07, 6.45) is 8.00. The highest BCUT2D eigenvalue weighted by Crippen LogP contribution is 2.51. The molecule has 0 atom stereocenters. The molecule has 0 saturated heterocycles. The van der Waals surface area contributed by atoms with Crippen molar-refractivity contribution in [3.63, 3.8) is 0 Å². The van der Waals surface area contributed by atoms with E-state index in [1.54, 1.807) is 0 Å². The van der Waals surface area contributed by atoms with Crippen LogP contribution in [0.25, 0.3) is 0 Å². The average Bonchev–Trinajstić information content (AvgIpc) is 3.21. The van der Waals surface area contributed by atoms with Gasteiger partial charge >= 0.3 is 5.97 Å². The fraction of sp³-hybridized carbons (Fsp3) is 0.562. The Morgan fingerprint density at radius 2 is 1.78 bits per heavy atom. The molecular weight excluding hydrogens is 224 g/mol. The smallest absolute Gasteiger partial charge is 0.314 e. The predicted molar refractivity (Wildman–Crippen MR) is 70.8 cm³/mol. The largest absolute Gasteiger partial charge is 0.481 e. The number of hydrogen-bond donors (Lipinski definition) is 1. The zero-order valence-electron chi connectivity index (χ0n) is 10.7. The van der Waals surface area contributed by atoms with E-state index >= 15 is 0 Å². The molecule has 2 fully saturated rings. The fourth-order valence-electron chi connectivity index (χ4n) is 3.43. The van der Waals surface area contributed by atoms with Crippen LogP contribution in [0.3, 0.4) is 0 Å². The standard InChI is InChI=1S/C16H20O2/c17-15(18)16(10-11-16)14-9-5-4-8-13(14)12-6-2-1-3-7-12/h4-5,8-9,12H,1-3,6-7,10-11H2,(H,17,18). The minimum Gasteiger partial charge on any atom is -0.481 e. The Bertz CT molecular complexity index is 454. The molecule has 0 spiro atoms. The van der Waals surface area contributed by atoms with E-state index in [1.807, 2.05) is 12.1 Å². The van der Waals surface area contributed by atoms with Crippen LogP contribution in [0, 0.1) is 0 Å². The summed E-state index contributed by atoms with van der Waals surface area (Å²) in [6.45, 7) is 0. The normalized spacial score (nSPS) is 22.7. The van der Waals surface area contributed by atoms with E-state index < -0.39 is 11.4 Å². The highest BCUT2D eigenvalue weighted by molar-refractivity contribution is 5.85. The van der Waals surface area contributed by atoms with Crippen molar-refractivity contribution in [2.75, 3.05) is 0 Å². The lowest BCUT2D eigenvalue weighted by molar-refractivity contribution is -0.140. The first kappa shape index (κ1) is 11.8. The average molecular weight is 244 g/mol. The third-order valence-corrected chi connectivity index (χ3v) is 4.68. The van der Waals surface area contributed by atoms with E-state index in [0.717, 1.165) is 18.4 Å². The van der Waals surface area contributed by atoms with Gasteiger partial charge < -0.3 is 5.11 Å². The van der Waals surface area contributed by atoms with Crippen LogP contribution in [0.4, 0.5) is 0 Å². The molecule has 0 bridgehead atoms. The summed E-state index contributed by atoms with van der Waals surface area (Å²) in [5.41, 5.74) is 1.87. The van der Waals surface area contributed by atoms with Gasteiger partial charge in [0, 0.05) is 0 Å². The summed E-state index contributed by atoms with van der Waals surface area (Å²) in [6, 6.07) is 8.26. The van der Waals surface area contributed by atoms with Gasteiger partial charge in [0.2, 0.25) is 0 Å². The summed E-state index contributed by atoms with van der Waals surface area (Å²) in [5, 5.41) is 9.48.